The van der Waals surface area contributed by atoms with Crippen LogP contribution in [-0.4, -0.2) is 5.91 Å². The fraction of sp³-hybridized carbons (Fsp3) is 0.188. The molecule has 0 spiro atoms. The zero-order chi connectivity index (χ0) is 15.1. The topological polar surface area (TPSA) is 55.1 Å². The van der Waals surface area contributed by atoms with E-state index >= 15 is 0 Å². The minimum Gasteiger partial charge on any atom is -0.325 e. The summed E-state index contributed by atoms with van der Waals surface area (Å²) in [5.41, 5.74) is 10.7. The van der Waals surface area contributed by atoms with Crippen molar-refractivity contribution in [1.82, 2.24) is 0 Å². The highest BCUT2D eigenvalue weighted by Gasteiger charge is 2.23. The molecule has 1 amide bonds. The molecule has 3 nitrogen and oxygen atoms in total. The Balaban J connectivity index is 2.06. The molecule has 0 aromatic heterocycles. The monoisotopic (exact) mass is 320 g/mol. The van der Waals surface area contributed by atoms with Crippen LogP contribution in [0.5, 0.6) is 0 Å². The first-order valence-electron chi connectivity index (χ1n) is 6.60. The zero-order valence-electron chi connectivity index (χ0n) is 11.4. The van der Waals surface area contributed by atoms with Gasteiger partial charge in [-0.1, -0.05) is 35.3 Å². The van der Waals surface area contributed by atoms with Crippen LogP contribution in [-0.2, 0) is 11.2 Å². The smallest absolute Gasteiger partial charge is 0.228 e. The van der Waals surface area contributed by atoms with Gasteiger partial charge in [-0.05, 0) is 47.4 Å². The van der Waals surface area contributed by atoms with Crippen molar-refractivity contribution in [3.8, 4) is 0 Å². The summed E-state index contributed by atoms with van der Waals surface area (Å²) in [6.07, 6.45) is 0.362. The van der Waals surface area contributed by atoms with Crippen LogP contribution in [0.1, 0.15) is 28.3 Å². The van der Waals surface area contributed by atoms with Crippen molar-refractivity contribution in [2.75, 3.05) is 5.32 Å². The fourth-order valence-corrected chi connectivity index (χ4v) is 3.10. The molecule has 2 aromatic rings. The summed E-state index contributed by atoms with van der Waals surface area (Å²) in [5.74, 6) is -0.0225. The van der Waals surface area contributed by atoms with E-state index in [4.69, 9.17) is 28.9 Å². The summed E-state index contributed by atoms with van der Waals surface area (Å²) in [5, 5.41) is 4.00. The zero-order valence-corrected chi connectivity index (χ0v) is 12.9. The van der Waals surface area contributed by atoms with Gasteiger partial charge < -0.3 is 11.1 Å². The van der Waals surface area contributed by atoms with Gasteiger partial charge in [0.25, 0.3) is 0 Å². The third kappa shape index (κ3) is 2.53. The van der Waals surface area contributed by atoms with Crippen LogP contribution in [0.3, 0.4) is 0 Å². The molecule has 108 valence electrons. The Labute approximate surface area is 133 Å². The summed E-state index contributed by atoms with van der Waals surface area (Å²) in [6.45, 7) is 1.93. The number of rotatable bonds is 2. The van der Waals surface area contributed by atoms with Crippen LogP contribution in [0, 0.1) is 6.92 Å². The molecular formula is C16H14Cl2N2O. The lowest BCUT2D eigenvalue weighted by molar-refractivity contribution is -0.115. The number of hydrogen-bond donors (Lipinski definition) is 2. The van der Waals surface area contributed by atoms with Gasteiger partial charge in [0.1, 0.15) is 0 Å². The van der Waals surface area contributed by atoms with Gasteiger partial charge >= 0.3 is 0 Å². The van der Waals surface area contributed by atoms with Gasteiger partial charge in [-0.3, -0.25) is 4.79 Å². The van der Waals surface area contributed by atoms with E-state index in [9.17, 15) is 4.79 Å². The molecule has 1 aliphatic rings. The minimum atomic E-state index is -0.378. The van der Waals surface area contributed by atoms with Gasteiger partial charge in [0.05, 0.1) is 12.5 Å². The van der Waals surface area contributed by atoms with Crippen LogP contribution >= 0.6 is 23.2 Å². The summed E-state index contributed by atoms with van der Waals surface area (Å²) >= 11 is 12.5. The first-order chi connectivity index (χ1) is 9.97. The van der Waals surface area contributed by atoms with E-state index < -0.39 is 0 Å². The Bertz CT molecular complexity index is 743. The quantitative estimate of drug-likeness (QED) is 0.883. The Kier molecular flexibility index (Phi) is 3.66. The average molecular weight is 321 g/mol. The summed E-state index contributed by atoms with van der Waals surface area (Å²) in [7, 11) is 0. The van der Waals surface area contributed by atoms with E-state index in [1.54, 1.807) is 6.07 Å². The van der Waals surface area contributed by atoms with Crippen molar-refractivity contribution in [3.63, 3.8) is 0 Å². The maximum absolute atomic E-state index is 11.5. The van der Waals surface area contributed by atoms with Crippen molar-refractivity contribution in [3.05, 3.63) is 62.6 Å². The van der Waals surface area contributed by atoms with E-state index in [-0.39, 0.29) is 11.9 Å². The van der Waals surface area contributed by atoms with Gasteiger partial charge in [-0.2, -0.15) is 0 Å². The average Bonchev–Trinajstić information content (AvgIpc) is 2.79. The highest BCUT2D eigenvalue weighted by Crippen LogP contribution is 2.35. The second-order valence-electron chi connectivity index (χ2n) is 5.19. The van der Waals surface area contributed by atoms with Crippen molar-refractivity contribution in [1.29, 1.82) is 0 Å². The van der Waals surface area contributed by atoms with E-state index in [2.05, 4.69) is 5.32 Å². The van der Waals surface area contributed by atoms with Gasteiger partial charge in [0.2, 0.25) is 5.91 Å². The number of carbonyl (C=O) groups is 1. The highest BCUT2D eigenvalue weighted by atomic mass is 35.5. The van der Waals surface area contributed by atoms with Gasteiger partial charge in [0, 0.05) is 15.7 Å². The Hall–Kier alpha value is -1.55. The molecular weight excluding hydrogens is 307 g/mol. The maximum atomic E-state index is 11.5. The summed E-state index contributed by atoms with van der Waals surface area (Å²) in [4.78, 5) is 11.5. The van der Waals surface area contributed by atoms with Crippen molar-refractivity contribution in [2.45, 2.75) is 19.4 Å². The number of anilines is 1. The lowest BCUT2D eigenvalue weighted by Gasteiger charge is -2.18. The standard InChI is InChI=1S/C16H14Cl2N2O/c1-8-10(3-2-4-12(8)17)16(19)11-5-9-6-15(21)20-14(9)7-13(11)18/h2-5,7,16H,6,19H2,1H3,(H,20,21). The van der Waals surface area contributed by atoms with Crippen LogP contribution < -0.4 is 11.1 Å². The second-order valence-corrected chi connectivity index (χ2v) is 6.00. The molecule has 2 aromatic carbocycles. The van der Waals surface area contributed by atoms with E-state index in [1.165, 1.54) is 0 Å². The molecule has 3 rings (SSSR count). The molecule has 0 aliphatic carbocycles. The van der Waals surface area contributed by atoms with Crippen LogP contribution in [0.15, 0.2) is 30.3 Å². The molecule has 0 fully saturated rings. The maximum Gasteiger partial charge on any atom is 0.228 e. The summed E-state index contributed by atoms with van der Waals surface area (Å²) < 4.78 is 0. The molecule has 3 N–H and O–H groups in total. The molecule has 0 saturated carbocycles. The molecule has 0 radical (unpaired) electrons. The first kappa shape index (κ1) is 14.4. The molecule has 0 bridgehead atoms. The molecule has 0 saturated heterocycles. The number of carbonyl (C=O) groups excluding carboxylic acids is 1. The first-order valence-corrected chi connectivity index (χ1v) is 7.35. The van der Waals surface area contributed by atoms with Gasteiger partial charge in [-0.15, -0.1) is 0 Å². The number of amides is 1. The van der Waals surface area contributed by atoms with Crippen LogP contribution in [0.2, 0.25) is 10.0 Å². The van der Waals surface area contributed by atoms with Crippen molar-refractivity contribution >= 4 is 34.8 Å². The molecule has 1 atom stereocenters. The minimum absolute atomic E-state index is 0.0225. The molecule has 5 heteroatoms. The molecule has 21 heavy (non-hydrogen) atoms. The predicted octanol–water partition coefficient (Wildman–Crippen LogP) is 3.84. The van der Waals surface area contributed by atoms with Crippen LogP contribution in [0.25, 0.3) is 0 Å². The van der Waals surface area contributed by atoms with E-state index in [1.807, 2.05) is 31.2 Å². The molecule has 1 aliphatic heterocycles. The lowest BCUT2D eigenvalue weighted by atomic mass is 9.94. The number of fused-ring (bicyclic) bond motifs is 1. The lowest BCUT2D eigenvalue weighted by Crippen LogP contribution is -2.14. The molecule has 1 heterocycles. The van der Waals surface area contributed by atoms with Gasteiger partial charge in [-0.25, -0.2) is 0 Å². The predicted molar refractivity (Wildman–Crippen MR) is 86.0 cm³/mol. The number of nitrogens with one attached hydrogen (secondary N) is 1. The SMILES string of the molecule is Cc1c(Cl)cccc1C(N)c1cc2c(cc1Cl)NC(=O)C2. The summed E-state index contributed by atoms with van der Waals surface area (Å²) in [6, 6.07) is 8.94. The van der Waals surface area contributed by atoms with E-state index in [0.717, 1.165) is 27.9 Å². The van der Waals surface area contributed by atoms with E-state index in [0.29, 0.717) is 16.5 Å². The largest absolute Gasteiger partial charge is 0.325 e. The normalized spacial score (nSPS) is 14.8. The highest BCUT2D eigenvalue weighted by molar-refractivity contribution is 6.32. The van der Waals surface area contributed by atoms with Crippen LogP contribution in [0.4, 0.5) is 5.69 Å². The van der Waals surface area contributed by atoms with Crippen molar-refractivity contribution < 1.29 is 4.79 Å². The fourth-order valence-electron chi connectivity index (χ4n) is 2.63. The third-order valence-corrected chi connectivity index (χ3v) is 4.56. The number of benzene rings is 2. The third-order valence-electron chi connectivity index (χ3n) is 3.83. The van der Waals surface area contributed by atoms with Gasteiger partial charge in [0.15, 0.2) is 0 Å². The second kappa shape index (κ2) is 5.34. The molecule has 1 unspecified atom stereocenters. The number of nitrogens with two attached hydrogens (primary N) is 1. The number of halogens is 2. The Morgan fingerprint density at radius 3 is 2.71 bits per heavy atom. The Morgan fingerprint density at radius 1 is 1.19 bits per heavy atom. The number of hydrogen-bond acceptors (Lipinski definition) is 2. The van der Waals surface area contributed by atoms with Crippen molar-refractivity contribution in [2.24, 2.45) is 5.73 Å². The Morgan fingerprint density at radius 2 is 1.95 bits per heavy atom.